The number of nitrogens with two attached hydrogens (primary N) is 2. The summed E-state index contributed by atoms with van der Waals surface area (Å²) in [4.78, 5) is 28.0. The lowest BCUT2D eigenvalue weighted by Gasteiger charge is -2.30. The van der Waals surface area contributed by atoms with Gasteiger partial charge in [-0.1, -0.05) is 12.1 Å². The van der Waals surface area contributed by atoms with E-state index in [9.17, 15) is 4.79 Å². The maximum absolute atomic E-state index is 13.0. The van der Waals surface area contributed by atoms with Crippen molar-refractivity contribution in [1.29, 1.82) is 0 Å². The largest absolute Gasteiger partial charge is 0.384 e. The molecule has 1 amide bonds. The Morgan fingerprint density at radius 3 is 2.66 bits per heavy atom. The fourth-order valence-corrected chi connectivity index (χ4v) is 3.42. The number of hydrogen-bond acceptors (Lipinski definition) is 9. The average Bonchev–Trinajstić information content (AvgIpc) is 2.84. The van der Waals surface area contributed by atoms with Crippen molar-refractivity contribution in [2.45, 2.75) is 0 Å². The second kappa shape index (κ2) is 10.0. The highest BCUT2D eigenvalue weighted by Gasteiger charge is 2.19. The fourth-order valence-electron chi connectivity index (χ4n) is 3.42. The molecule has 0 unspecified atom stereocenters. The molecule has 4 rings (SSSR count). The average molecular weight is 435 g/mol. The van der Waals surface area contributed by atoms with Crippen molar-refractivity contribution in [2.75, 3.05) is 60.7 Å². The van der Waals surface area contributed by atoms with Crippen LogP contribution in [0.25, 0.3) is 11.3 Å². The SMILES string of the molecule is NCCNc1ccc(-c2cnc(N)c(C(=O)Nc3cnccc3N3CCOCC3)n2)cc1. The minimum absolute atomic E-state index is 0.0595. The second-order valence-electron chi connectivity index (χ2n) is 7.23. The molecule has 0 radical (unpaired) electrons. The first-order valence-corrected chi connectivity index (χ1v) is 10.4. The molecular formula is C22H26N8O2. The zero-order chi connectivity index (χ0) is 22.3. The fraction of sp³-hybridized carbons (Fsp3) is 0.273. The van der Waals surface area contributed by atoms with Gasteiger partial charge in [-0.25, -0.2) is 9.97 Å². The molecule has 3 heterocycles. The van der Waals surface area contributed by atoms with Crippen LogP contribution < -0.4 is 27.0 Å². The summed E-state index contributed by atoms with van der Waals surface area (Å²) in [6, 6.07) is 9.52. The zero-order valence-corrected chi connectivity index (χ0v) is 17.6. The van der Waals surface area contributed by atoms with Gasteiger partial charge in [-0.05, 0) is 18.2 Å². The van der Waals surface area contributed by atoms with Gasteiger partial charge in [0.1, 0.15) is 0 Å². The Hall–Kier alpha value is -3.76. The molecule has 0 spiro atoms. The normalized spacial score (nSPS) is 13.6. The highest BCUT2D eigenvalue weighted by molar-refractivity contribution is 6.07. The molecule has 2 aromatic heterocycles. The maximum atomic E-state index is 13.0. The predicted octanol–water partition coefficient (Wildman–Crippen LogP) is 1.58. The number of anilines is 4. The van der Waals surface area contributed by atoms with E-state index in [1.165, 1.54) is 0 Å². The van der Waals surface area contributed by atoms with E-state index in [0.717, 1.165) is 30.0 Å². The first kappa shape index (κ1) is 21.5. The van der Waals surface area contributed by atoms with Crippen LogP contribution in [-0.4, -0.2) is 60.3 Å². The van der Waals surface area contributed by atoms with Gasteiger partial charge in [0, 0.05) is 43.6 Å². The minimum atomic E-state index is -0.444. The summed E-state index contributed by atoms with van der Waals surface area (Å²) >= 11 is 0. The summed E-state index contributed by atoms with van der Waals surface area (Å²) in [7, 11) is 0. The number of nitrogens with zero attached hydrogens (tertiary/aromatic N) is 4. The van der Waals surface area contributed by atoms with Crippen molar-refractivity contribution < 1.29 is 9.53 Å². The Labute approximate surface area is 186 Å². The summed E-state index contributed by atoms with van der Waals surface area (Å²) in [5, 5.41) is 6.10. The molecule has 1 fully saturated rings. The quantitative estimate of drug-likeness (QED) is 0.435. The number of carbonyl (C=O) groups excluding carboxylic acids is 1. The van der Waals surface area contributed by atoms with Gasteiger partial charge in [0.05, 0.1) is 42.7 Å². The molecule has 1 aliphatic rings. The van der Waals surface area contributed by atoms with Crippen LogP contribution in [0, 0.1) is 0 Å². The highest BCUT2D eigenvalue weighted by Crippen LogP contribution is 2.27. The van der Waals surface area contributed by atoms with Crippen molar-refractivity contribution >= 4 is 28.8 Å². The van der Waals surface area contributed by atoms with Gasteiger partial charge in [-0.3, -0.25) is 9.78 Å². The first-order valence-electron chi connectivity index (χ1n) is 10.4. The van der Waals surface area contributed by atoms with E-state index in [2.05, 4.69) is 30.5 Å². The zero-order valence-electron chi connectivity index (χ0n) is 17.6. The summed E-state index contributed by atoms with van der Waals surface area (Å²) in [5.74, 6) is -0.384. The smallest absolute Gasteiger partial charge is 0.278 e. The molecule has 1 aromatic carbocycles. The van der Waals surface area contributed by atoms with Gasteiger partial charge in [-0.2, -0.15) is 0 Å². The van der Waals surface area contributed by atoms with Crippen molar-refractivity contribution in [3.63, 3.8) is 0 Å². The maximum Gasteiger partial charge on any atom is 0.278 e. The first-order chi connectivity index (χ1) is 15.7. The molecule has 10 heteroatoms. The van der Waals surface area contributed by atoms with Crippen molar-refractivity contribution in [3.8, 4) is 11.3 Å². The number of morpholine rings is 1. The molecule has 0 saturated carbocycles. The van der Waals surface area contributed by atoms with Gasteiger partial charge in [0.2, 0.25) is 0 Å². The van der Waals surface area contributed by atoms with Crippen LogP contribution in [0.1, 0.15) is 10.5 Å². The van der Waals surface area contributed by atoms with Gasteiger partial charge >= 0.3 is 0 Å². The predicted molar refractivity (Wildman–Crippen MR) is 125 cm³/mol. The topological polar surface area (TPSA) is 144 Å². The molecule has 166 valence electrons. The summed E-state index contributed by atoms with van der Waals surface area (Å²) in [6.45, 7) is 3.98. The minimum Gasteiger partial charge on any atom is -0.384 e. The van der Waals surface area contributed by atoms with Crippen molar-refractivity contribution in [1.82, 2.24) is 15.0 Å². The number of rotatable bonds is 7. The van der Waals surface area contributed by atoms with E-state index >= 15 is 0 Å². The van der Waals surface area contributed by atoms with E-state index < -0.39 is 5.91 Å². The molecule has 0 atom stereocenters. The third-order valence-electron chi connectivity index (χ3n) is 5.07. The molecule has 0 bridgehead atoms. The van der Waals surface area contributed by atoms with Crippen molar-refractivity contribution in [2.24, 2.45) is 5.73 Å². The summed E-state index contributed by atoms with van der Waals surface area (Å²) in [5.41, 5.74) is 15.3. The summed E-state index contributed by atoms with van der Waals surface area (Å²) in [6.07, 6.45) is 4.86. The Kier molecular flexibility index (Phi) is 6.73. The number of nitrogens with one attached hydrogen (secondary N) is 2. The van der Waals surface area contributed by atoms with Crippen molar-refractivity contribution in [3.05, 3.63) is 54.6 Å². The van der Waals surface area contributed by atoms with Gasteiger partial charge in [-0.15, -0.1) is 0 Å². The molecule has 10 nitrogen and oxygen atoms in total. The molecule has 3 aromatic rings. The van der Waals surface area contributed by atoms with E-state index in [-0.39, 0.29) is 11.5 Å². The number of aromatic nitrogens is 3. The molecule has 1 aliphatic heterocycles. The highest BCUT2D eigenvalue weighted by atomic mass is 16.5. The molecule has 0 aliphatic carbocycles. The number of ether oxygens (including phenoxy) is 1. The number of pyridine rings is 1. The van der Waals surface area contributed by atoms with E-state index in [0.29, 0.717) is 37.7 Å². The van der Waals surface area contributed by atoms with Gasteiger partial charge in [0.15, 0.2) is 11.5 Å². The van der Waals surface area contributed by atoms with Crippen LogP contribution in [0.4, 0.5) is 22.9 Å². The number of carbonyl (C=O) groups is 1. The number of benzene rings is 1. The van der Waals surface area contributed by atoms with E-state index in [1.807, 2.05) is 30.3 Å². The van der Waals surface area contributed by atoms with E-state index in [1.54, 1.807) is 18.6 Å². The van der Waals surface area contributed by atoms with Crippen LogP contribution >= 0.6 is 0 Å². The van der Waals surface area contributed by atoms with Crippen LogP contribution in [0.3, 0.4) is 0 Å². The van der Waals surface area contributed by atoms with Gasteiger partial charge < -0.3 is 31.7 Å². The van der Waals surface area contributed by atoms with Crippen LogP contribution in [0.15, 0.2) is 48.9 Å². The number of amides is 1. The second-order valence-corrected chi connectivity index (χ2v) is 7.23. The van der Waals surface area contributed by atoms with Crippen LogP contribution in [0.5, 0.6) is 0 Å². The lowest BCUT2D eigenvalue weighted by atomic mass is 10.1. The molecule has 32 heavy (non-hydrogen) atoms. The Bertz CT molecular complexity index is 1070. The Morgan fingerprint density at radius 2 is 1.91 bits per heavy atom. The number of hydrogen-bond donors (Lipinski definition) is 4. The van der Waals surface area contributed by atoms with Crippen LogP contribution in [-0.2, 0) is 4.74 Å². The summed E-state index contributed by atoms with van der Waals surface area (Å²) < 4.78 is 5.42. The lowest BCUT2D eigenvalue weighted by Crippen LogP contribution is -2.36. The van der Waals surface area contributed by atoms with Gasteiger partial charge in [0.25, 0.3) is 5.91 Å². The Balaban J connectivity index is 1.55. The molecule has 6 N–H and O–H groups in total. The monoisotopic (exact) mass is 434 g/mol. The standard InChI is InChI=1S/C22H26N8O2/c23-6-8-26-16-3-1-15(2-4-16)17-14-27-21(24)20(28-17)22(31)29-18-13-25-7-5-19(18)30-9-11-32-12-10-30/h1-5,7,13-14,26H,6,8-12,23H2,(H2,24,27)(H,29,31). The molecular weight excluding hydrogens is 408 g/mol. The molecule has 1 saturated heterocycles. The third-order valence-corrected chi connectivity index (χ3v) is 5.07. The third kappa shape index (κ3) is 4.93. The van der Waals surface area contributed by atoms with Crippen LogP contribution in [0.2, 0.25) is 0 Å². The lowest BCUT2D eigenvalue weighted by molar-refractivity contribution is 0.102. The number of nitrogen functional groups attached to an aromatic ring is 1. The van der Waals surface area contributed by atoms with E-state index in [4.69, 9.17) is 16.2 Å². The Morgan fingerprint density at radius 1 is 1.12 bits per heavy atom.